The maximum Gasteiger partial charge on any atom is 0.336 e. The van der Waals surface area contributed by atoms with E-state index >= 15 is 0 Å². The number of hydrogen-bond donors (Lipinski definition) is 1. The molecule has 2 N–H and O–H groups in total. The molecule has 1 aliphatic heterocycles. The third-order valence-corrected chi connectivity index (χ3v) is 5.07. The highest BCUT2D eigenvalue weighted by atomic mass is 32.2. The van der Waals surface area contributed by atoms with Crippen molar-refractivity contribution in [2.45, 2.75) is 24.5 Å². The number of hydrogen-bond acceptors (Lipinski definition) is 7. The van der Waals surface area contributed by atoms with Crippen molar-refractivity contribution in [3.63, 3.8) is 0 Å². The Labute approximate surface area is 122 Å². The lowest BCUT2D eigenvalue weighted by atomic mass is 10.3. The number of sulfonamides is 1. The zero-order valence-electron chi connectivity index (χ0n) is 11.9. The monoisotopic (exact) mass is 318 g/mol. The Kier molecular flexibility index (Phi) is 4.49. The summed E-state index contributed by atoms with van der Waals surface area (Å²) in [5.41, 5.74) is 5.67. The van der Waals surface area contributed by atoms with Gasteiger partial charge in [-0.05, 0) is 6.92 Å². The normalized spacial score (nSPS) is 20.4. The molecule has 0 bridgehead atoms. The summed E-state index contributed by atoms with van der Waals surface area (Å²) in [5.74, 6) is -0.662. The number of rotatable bonds is 4. The van der Waals surface area contributed by atoms with Crippen LogP contribution in [0, 0.1) is 0 Å². The summed E-state index contributed by atoms with van der Waals surface area (Å²) in [6.45, 7) is 2.48. The van der Waals surface area contributed by atoms with Crippen LogP contribution in [0.15, 0.2) is 11.1 Å². The molecule has 0 radical (unpaired) electrons. The van der Waals surface area contributed by atoms with Crippen molar-refractivity contribution < 1.29 is 22.7 Å². The Balaban J connectivity index is 2.26. The molecule has 1 saturated heterocycles. The van der Waals surface area contributed by atoms with Crippen LogP contribution in [0.2, 0.25) is 0 Å². The van der Waals surface area contributed by atoms with E-state index in [2.05, 4.69) is 9.84 Å². The smallest absolute Gasteiger partial charge is 0.336 e. The van der Waals surface area contributed by atoms with E-state index in [4.69, 9.17) is 10.5 Å². The first-order chi connectivity index (χ1) is 9.90. The first-order valence-electron chi connectivity index (χ1n) is 6.42. The van der Waals surface area contributed by atoms with Gasteiger partial charge >= 0.3 is 5.97 Å². The summed E-state index contributed by atoms with van der Waals surface area (Å²) in [4.78, 5) is 11.4. The van der Waals surface area contributed by atoms with E-state index < -0.39 is 22.1 Å². The number of esters is 1. The SMILES string of the molecule is CCn1cc(S(=O)(=O)N2CCOC(C(=O)OC)C2)c(N)n1. The molecule has 0 amide bonds. The molecular weight excluding hydrogens is 300 g/mol. The molecule has 0 saturated carbocycles. The fraction of sp³-hybridized carbons (Fsp3) is 0.636. The number of carbonyl (C=O) groups is 1. The van der Waals surface area contributed by atoms with Gasteiger partial charge in [-0.3, -0.25) is 4.68 Å². The highest BCUT2D eigenvalue weighted by molar-refractivity contribution is 7.89. The molecule has 1 atom stereocenters. The lowest BCUT2D eigenvalue weighted by Gasteiger charge is -2.30. The largest absolute Gasteiger partial charge is 0.467 e. The van der Waals surface area contributed by atoms with Gasteiger partial charge in [0.15, 0.2) is 11.9 Å². The highest BCUT2D eigenvalue weighted by Gasteiger charge is 2.36. The molecule has 1 fully saturated rings. The van der Waals surface area contributed by atoms with Crippen LogP contribution in [0.1, 0.15) is 6.92 Å². The number of ether oxygens (including phenoxy) is 2. The number of anilines is 1. The molecule has 0 aliphatic carbocycles. The van der Waals surface area contributed by atoms with E-state index in [-0.39, 0.29) is 30.4 Å². The molecule has 21 heavy (non-hydrogen) atoms. The zero-order valence-corrected chi connectivity index (χ0v) is 12.7. The van der Waals surface area contributed by atoms with Crippen LogP contribution >= 0.6 is 0 Å². The van der Waals surface area contributed by atoms with Gasteiger partial charge < -0.3 is 15.2 Å². The minimum absolute atomic E-state index is 0.0574. The molecule has 0 spiro atoms. The average molecular weight is 318 g/mol. The molecule has 10 heteroatoms. The molecular formula is C11H18N4O5S. The van der Waals surface area contributed by atoms with Crippen LogP contribution in [0.4, 0.5) is 5.82 Å². The van der Waals surface area contributed by atoms with Gasteiger partial charge in [-0.15, -0.1) is 0 Å². The average Bonchev–Trinajstić information content (AvgIpc) is 2.88. The lowest BCUT2D eigenvalue weighted by molar-refractivity contribution is -0.157. The van der Waals surface area contributed by atoms with Crippen LogP contribution < -0.4 is 5.73 Å². The molecule has 1 aliphatic rings. The van der Waals surface area contributed by atoms with Gasteiger partial charge in [0.2, 0.25) is 10.0 Å². The van der Waals surface area contributed by atoms with Crippen molar-refractivity contribution >= 4 is 21.8 Å². The van der Waals surface area contributed by atoms with Gasteiger partial charge in [0.05, 0.1) is 20.3 Å². The van der Waals surface area contributed by atoms with Gasteiger partial charge in [0.25, 0.3) is 0 Å². The van der Waals surface area contributed by atoms with Crippen molar-refractivity contribution in [2.75, 3.05) is 32.5 Å². The van der Waals surface area contributed by atoms with E-state index in [0.29, 0.717) is 6.54 Å². The summed E-state index contributed by atoms with van der Waals surface area (Å²) < 4.78 is 37.6. The second kappa shape index (κ2) is 6.00. The van der Waals surface area contributed by atoms with Gasteiger partial charge in [-0.1, -0.05) is 0 Å². The topological polar surface area (TPSA) is 117 Å². The van der Waals surface area contributed by atoms with Crippen LogP contribution in [-0.4, -0.2) is 61.4 Å². The maximum atomic E-state index is 12.6. The fourth-order valence-corrected chi connectivity index (χ4v) is 3.52. The molecule has 2 rings (SSSR count). The number of nitrogens with two attached hydrogens (primary N) is 1. The predicted molar refractivity (Wildman–Crippen MR) is 72.8 cm³/mol. The molecule has 1 aromatic heterocycles. The summed E-state index contributed by atoms with van der Waals surface area (Å²) in [6, 6.07) is 0. The number of carbonyl (C=O) groups excluding carboxylic acids is 1. The second-order valence-corrected chi connectivity index (χ2v) is 6.39. The van der Waals surface area contributed by atoms with Crippen LogP contribution in [-0.2, 0) is 30.8 Å². The van der Waals surface area contributed by atoms with Crippen molar-refractivity contribution in [2.24, 2.45) is 0 Å². The van der Waals surface area contributed by atoms with E-state index in [1.54, 1.807) is 0 Å². The first-order valence-corrected chi connectivity index (χ1v) is 7.86. The Morgan fingerprint density at radius 1 is 1.62 bits per heavy atom. The first kappa shape index (κ1) is 15.7. The number of morpholine rings is 1. The summed E-state index contributed by atoms with van der Waals surface area (Å²) in [6.07, 6.45) is 0.453. The number of methoxy groups -OCH3 is 1. The number of aromatic nitrogens is 2. The number of nitrogen functional groups attached to an aromatic ring is 1. The third kappa shape index (κ3) is 3.01. The highest BCUT2D eigenvalue weighted by Crippen LogP contribution is 2.23. The lowest BCUT2D eigenvalue weighted by Crippen LogP contribution is -2.48. The van der Waals surface area contributed by atoms with Crippen LogP contribution in [0.25, 0.3) is 0 Å². The molecule has 1 aromatic rings. The van der Waals surface area contributed by atoms with Crippen LogP contribution in [0.3, 0.4) is 0 Å². The molecule has 9 nitrogen and oxygen atoms in total. The zero-order chi connectivity index (χ0) is 15.6. The van der Waals surface area contributed by atoms with Crippen molar-refractivity contribution in [1.29, 1.82) is 0 Å². The van der Waals surface area contributed by atoms with Crippen LogP contribution in [0.5, 0.6) is 0 Å². The summed E-state index contributed by atoms with van der Waals surface area (Å²) >= 11 is 0. The third-order valence-electron chi connectivity index (χ3n) is 3.19. The standard InChI is InChI=1S/C11H18N4O5S/c1-3-14-7-9(10(12)13-14)21(17,18)15-4-5-20-8(6-15)11(16)19-2/h7-8H,3-6H2,1-2H3,(H2,12,13). The van der Waals surface area contributed by atoms with Crippen molar-refractivity contribution in [3.8, 4) is 0 Å². The molecule has 0 aromatic carbocycles. The van der Waals surface area contributed by atoms with Gasteiger partial charge in [0, 0.05) is 19.3 Å². The fourth-order valence-electron chi connectivity index (χ4n) is 2.04. The second-order valence-electron chi connectivity index (χ2n) is 4.48. The number of aryl methyl sites for hydroxylation is 1. The van der Waals surface area contributed by atoms with Crippen molar-refractivity contribution in [1.82, 2.24) is 14.1 Å². The van der Waals surface area contributed by atoms with Crippen molar-refractivity contribution in [3.05, 3.63) is 6.20 Å². The summed E-state index contributed by atoms with van der Waals surface area (Å²) in [7, 11) is -2.59. The Morgan fingerprint density at radius 3 is 2.90 bits per heavy atom. The Hall–Kier alpha value is -1.65. The van der Waals surface area contributed by atoms with E-state index in [9.17, 15) is 13.2 Å². The van der Waals surface area contributed by atoms with E-state index in [1.807, 2.05) is 6.92 Å². The van der Waals surface area contributed by atoms with Gasteiger partial charge in [0.1, 0.15) is 4.90 Å². The van der Waals surface area contributed by atoms with Gasteiger partial charge in [-0.25, -0.2) is 13.2 Å². The van der Waals surface area contributed by atoms with E-state index in [1.165, 1.54) is 18.0 Å². The quantitative estimate of drug-likeness (QED) is 0.711. The minimum Gasteiger partial charge on any atom is -0.467 e. The Morgan fingerprint density at radius 2 is 2.33 bits per heavy atom. The van der Waals surface area contributed by atoms with E-state index in [0.717, 1.165) is 4.31 Å². The molecule has 1 unspecified atom stereocenters. The molecule has 118 valence electrons. The van der Waals surface area contributed by atoms with Gasteiger partial charge in [-0.2, -0.15) is 9.40 Å². The number of nitrogens with zero attached hydrogens (tertiary/aromatic N) is 3. The predicted octanol–water partition coefficient (Wildman–Crippen LogP) is -0.952. The summed E-state index contributed by atoms with van der Waals surface area (Å²) in [5, 5.41) is 3.93. The molecule has 2 heterocycles. The maximum absolute atomic E-state index is 12.6. The Bertz CT molecular complexity index is 627. The minimum atomic E-state index is -3.82.